The molecule has 0 aromatic heterocycles. The molecule has 0 aromatic carbocycles. The van der Waals surface area contributed by atoms with Crippen molar-refractivity contribution in [2.75, 3.05) is 13.1 Å². The number of carboxylic acids is 1. The Morgan fingerprint density at radius 2 is 1.50 bits per heavy atom. The maximum absolute atomic E-state index is 11.9. The van der Waals surface area contributed by atoms with Crippen LogP contribution in [-0.4, -0.2) is 47.2 Å². The van der Waals surface area contributed by atoms with Crippen molar-refractivity contribution in [3.8, 4) is 0 Å². The molecular weight excluding hydrogens is 312 g/mol. The number of unbranched alkanes of at least 4 members (excludes halogenated alkanes) is 4. The van der Waals surface area contributed by atoms with E-state index in [9.17, 15) is 19.5 Å². The van der Waals surface area contributed by atoms with Crippen molar-refractivity contribution in [3.63, 3.8) is 0 Å². The first-order valence-electron chi connectivity index (χ1n) is 8.93. The van der Waals surface area contributed by atoms with Crippen LogP contribution in [-0.2, 0) is 14.4 Å². The summed E-state index contributed by atoms with van der Waals surface area (Å²) in [6.07, 6.45) is 7.71. The van der Waals surface area contributed by atoms with Crippen LogP contribution in [0.2, 0.25) is 0 Å². The van der Waals surface area contributed by atoms with Crippen molar-refractivity contribution in [1.82, 2.24) is 10.6 Å². The molecular formula is C17H30N2O5. The van der Waals surface area contributed by atoms with Gasteiger partial charge in [-0.1, -0.05) is 19.3 Å². The van der Waals surface area contributed by atoms with Gasteiger partial charge < -0.3 is 20.8 Å². The summed E-state index contributed by atoms with van der Waals surface area (Å²) in [5.41, 5.74) is 0. The second-order valence-electron chi connectivity index (χ2n) is 6.48. The number of hydrogen-bond donors (Lipinski definition) is 4. The van der Waals surface area contributed by atoms with E-state index in [-0.39, 0.29) is 30.4 Å². The van der Waals surface area contributed by atoms with Crippen molar-refractivity contribution in [1.29, 1.82) is 0 Å². The van der Waals surface area contributed by atoms with Crippen LogP contribution in [0.3, 0.4) is 0 Å². The summed E-state index contributed by atoms with van der Waals surface area (Å²) in [4.78, 5) is 33.5. The van der Waals surface area contributed by atoms with E-state index in [4.69, 9.17) is 5.11 Å². The van der Waals surface area contributed by atoms with E-state index in [1.165, 1.54) is 0 Å². The first-order chi connectivity index (χ1) is 11.5. The van der Waals surface area contributed by atoms with Crippen molar-refractivity contribution in [3.05, 3.63) is 0 Å². The largest absolute Gasteiger partial charge is 0.480 e. The number of amides is 2. The molecule has 4 N–H and O–H groups in total. The van der Waals surface area contributed by atoms with Crippen LogP contribution >= 0.6 is 0 Å². The van der Waals surface area contributed by atoms with Gasteiger partial charge in [0.05, 0.1) is 6.10 Å². The molecule has 24 heavy (non-hydrogen) atoms. The Hall–Kier alpha value is -1.63. The molecule has 0 spiro atoms. The van der Waals surface area contributed by atoms with Crippen molar-refractivity contribution in [2.45, 2.75) is 70.3 Å². The van der Waals surface area contributed by atoms with Crippen LogP contribution < -0.4 is 10.6 Å². The molecule has 0 aliphatic heterocycles. The number of carboxylic acid groups (broad SMARTS) is 1. The van der Waals surface area contributed by atoms with E-state index in [1.54, 1.807) is 0 Å². The van der Waals surface area contributed by atoms with E-state index in [2.05, 4.69) is 10.6 Å². The van der Waals surface area contributed by atoms with Gasteiger partial charge in [-0.05, 0) is 38.5 Å². The molecule has 0 heterocycles. The molecule has 0 unspecified atom stereocenters. The van der Waals surface area contributed by atoms with E-state index in [1.807, 2.05) is 0 Å². The Kier molecular flexibility index (Phi) is 10.1. The third-order valence-electron chi connectivity index (χ3n) is 4.38. The van der Waals surface area contributed by atoms with Crippen LogP contribution in [0.15, 0.2) is 0 Å². The van der Waals surface area contributed by atoms with Crippen LogP contribution in [0.1, 0.15) is 64.2 Å². The number of carbonyl (C=O) groups is 3. The highest BCUT2D eigenvalue weighted by Gasteiger charge is 2.24. The predicted molar refractivity (Wildman–Crippen MR) is 89.3 cm³/mol. The Morgan fingerprint density at radius 1 is 0.875 bits per heavy atom. The maximum Gasteiger partial charge on any atom is 0.322 e. The molecule has 7 heteroatoms. The van der Waals surface area contributed by atoms with E-state index >= 15 is 0 Å². The van der Waals surface area contributed by atoms with Crippen molar-refractivity contribution < 1.29 is 24.6 Å². The molecule has 138 valence electrons. The fourth-order valence-corrected chi connectivity index (χ4v) is 2.90. The highest BCUT2D eigenvalue weighted by atomic mass is 16.4. The first kappa shape index (κ1) is 20.4. The minimum Gasteiger partial charge on any atom is -0.480 e. The van der Waals surface area contributed by atoms with Gasteiger partial charge in [0.2, 0.25) is 11.8 Å². The number of carbonyl (C=O) groups excluding carboxylic acids is 2. The van der Waals surface area contributed by atoms with Gasteiger partial charge >= 0.3 is 5.97 Å². The lowest BCUT2D eigenvalue weighted by Gasteiger charge is -2.24. The van der Waals surface area contributed by atoms with Crippen molar-refractivity contribution >= 4 is 17.8 Å². The summed E-state index contributed by atoms with van der Waals surface area (Å²) in [5.74, 6) is -1.09. The number of rotatable bonds is 11. The minimum atomic E-state index is -1.03. The fourth-order valence-electron chi connectivity index (χ4n) is 2.90. The molecule has 1 saturated carbocycles. The van der Waals surface area contributed by atoms with E-state index in [0.29, 0.717) is 13.0 Å². The molecule has 2 amide bonds. The Labute approximate surface area is 143 Å². The summed E-state index contributed by atoms with van der Waals surface area (Å²) in [7, 11) is 0. The highest BCUT2D eigenvalue weighted by Crippen LogP contribution is 2.24. The van der Waals surface area contributed by atoms with E-state index in [0.717, 1.165) is 57.8 Å². The maximum atomic E-state index is 11.9. The minimum absolute atomic E-state index is 0.0534. The average molecular weight is 342 g/mol. The van der Waals surface area contributed by atoms with Gasteiger partial charge in [0.1, 0.15) is 6.54 Å². The lowest BCUT2D eigenvalue weighted by atomic mass is 9.87. The summed E-state index contributed by atoms with van der Waals surface area (Å²) in [6.45, 7) is 0.357. The number of hydrogen-bond acceptors (Lipinski definition) is 4. The molecule has 1 aliphatic rings. The van der Waals surface area contributed by atoms with Gasteiger partial charge in [-0.2, -0.15) is 0 Å². The SMILES string of the molecule is O=C(O)CNC(=O)CCCCCCCNC(=O)C1CCC(O)CC1. The summed E-state index contributed by atoms with van der Waals surface area (Å²) >= 11 is 0. The fraction of sp³-hybridized carbons (Fsp3) is 0.824. The van der Waals surface area contributed by atoms with Gasteiger partial charge in [0.25, 0.3) is 0 Å². The molecule has 1 aliphatic carbocycles. The van der Waals surface area contributed by atoms with Gasteiger partial charge in [0, 0.05) is 18.9 Å². The van der Waals surface area contributed by atoms with Crippen LogP contribution in [0.4, 0.5) is 0 Å². The second kappa shape index (κ2) is 11.8. The Morgan fingerprint density at radius 3 is 2.17 bits per heavy atom. The zero-order valence-corrected chi connectivity index (χ0v) is 14.3. The zero-order valence-electron chi connectivity index (χ0n) is 14.3. The number of aliphatic hydroxyl groups is 1. The summed E-state index contributed by atoms with van der Waals surface area (Å²) in [6, 6.07) is 0. The summed E-state index contributed by atoms with van der Waals surface area (Å²) < 4.78 is 0. The third-order valence-corrected chi connectivity index (χ3v) is 4.38. The first-order valence-corrected chi connectivity index (χ1v) is 8.93. The van der Waals surface area contributed by atoms with Crippen LogP contribution in [0, 0.1) is 5.92 Å². The lowest BCUT2D eigenvalue weighted by molar-refractivity contribution is -0.138. The molecule has 1 fully saturated rings. The quantitative estimate of drug-likeness (QED) is 0.421. The highest BCUT2D eigenvalue weighted by molar-refractivity contribution is 5.81. The smallest absolute Gasteiger partial charge is 0.322 e. The summed E-state index contributed by atoms with van der Waals surface area (Å²) in [5, 5.41) is 23.2. The lowest BCUT2D eigenvalue weighted by Crippen LogP contribution is -2.34. The molecule has 0 aromatic rings. The monoisotopic (exact) mass is 342 g/mol. The number of aliphatic carboxylic acids is 1. The zero-order chi connectivity index (χ0) is 17.8. The molecule has 7 nitrogen and oxygen atoms in total. The molecule has 1 rings (SSSR count). The Balaban J connectivity index is 1.90. The van der Waals surface area contributed by atoms with Gasteiger partial charge in [0.15, 0.2) is 0 Å². The topological polar surface area (TPSA) is 116 Å². The molecule has 0 atom stereocenters. The number of nitrogens with one attached hydrogen (secondary N) is 2. The standard InChI is InChI=1S/C17H30N2O5/c20-14-9-7-13(8-10-14)17(24)18-11-5-3-1-2-4-6-15(21)19-12-16(22)23/h13-14,20H,1-12H2,(H,18,24)(H,19,21)(H,22,23). The van der Waals surface area contributed by atoms with Gasteiger partial charge in [-0.25, -0.2) is 0 Å². The molecule has 0 saturated heterocycles. The number of aliphatic hydroxyl groups excluding tert-OH is 1. The normalized spacial score (nSPS) is 20.4. The van der Waals surface area contributed by atoms with Crippen LogP contribution in [0.5, 0.6) is 0 Å². The molecule has 0 radical (unpaired) electrons. The molecule has 0 bridgehead atoms. The van der Waals surface area contributed by atoms with Gasteiger partial charge in [-0.15, -0.1) is 0 Å². The third kappa shape index (κ3) is 9.50. The van der Waals surface area contributed by atoms with Crippen LogP contribution in [0.25, 0.3) is 0 Å². The van der Waals surface area contributed by atoms with Gasteiger partial charge in [-0.3, -0.25) is 14.4 Å². The van der Waals surface area contributed by atoms with E-state index < -0.39 is 5.97 Å². The van der Waals surface area contributed by atoms with Crippen molar-refractivity contribution in [2.24, 2.45) is 5.92 Å². The predicted octanol–water partition coefficient (Wildman–Crippen LogP) is 1.20. The Bertz CT molecular complexity index is 406. The second-order valence-corrected chi connectivity index (χ2v) is 6.48. The average Bonchev–Trinajstić information content (AvgIpc) is 2.55.